The van der Waals surface area contributed by atoms with Gasteiger partial charge in [0.1, 0.15) is 0 Å². The minimum atomic E-state index is -4.26. The Labute approximate surface area is 210 Å². The Balaban J connectivity index is -0.000000807. The lowest BCUT2D eigenvalue weighted by atomic mass is 10.0. The topological polar surface area (TPSA) is 66.8 Å². The predicted molar refractivity (Wildman–Crippen MR) is 123 cm³/mol. The van der Waals surface area contributed by atoms with Crippen LogP contribution in [0.2, 0.25) is 0 Å². The normalized spacial score (nSPS) is 10.6. The summed E-state index contributed by atoms with van der Waals surface area (Å²) < 4.78 is 14.9. The van der Waals surface area contributed by atoms with Gasteiger partial charge in [-0.3, -0.25) is 4.52 Å². The molecule has 0 heterocycles. The molecule has 0 rings (SSSR count). The van der Waals surface area contributed by atoms with E-state index in [-0.39, 0.29) is 75.8 Å². The van der Waals surface area contributed by atoms with Crippen LogP contribution in [0.25, 0.3) is 0 Å². The van der Waals surface area contributed by atoms with E-state index in [0.29, 0.717) is 0 Å². The molecule has 0 aliphatic rings. The zero-order valence-electron chi connectivity index (χ0n) is 15.2. The van der Waals surface area contributed by atoms with E-state index < -0.39 is 7.82 Å². The quantitative estimate of drug-likeness (QED) is 0.199. The second kappa shape index (κ2) is 27.4. The first-order valence-corrected chi connectivity index (χ1v) is 11.3. The van der Waals surface area contributed by atoms with E-state index in [9.17, 15) is 4.57 Å². The first kappa shape index (κ1) is 35.8. The van der Waals surface area contributed by atoms with Gasteiger partial charge >= 0.3 is 77.0 Å². The summed E-state index contributed by atoms with van der Waals surface area (Å²) >= 11 is 0. The van der Waals surface area contributed by atoms with Gasteiger partial charge in [-0.05, 0) is 6.42 Å². The molecule has 0 bridgehead atoms. The van der Waals surface area contributed by atoms with Crippen LogP contribution < -0.4 is 0 Å². The molecular weight excluding hydrogens is 384 g/mol. The van der Waals surface area contributed by atoms with E-state index in [0.717, 1.165) is 19.3 Å². The van der Waals surface area contributed by atoms with Gasteiger partial charge in [-0.2, -0.15) is 0 Å². The molecule has 8 heteroatoms. The molecule has 152 valence electrons. The van der Waals surface area contributed by atoms with Crippen molar-refractivity contribution in [3.05, 3.63) is 0 Å². The summed E-state index contributed by atoms with van der Waals surface area (Å²) in [6.07, 6.45) is 20.7. The van der Waals surface area contributed by atoms with E-state index in [4.69, 9.17) is 9.79 Å². The number of phosphoric acid groups is 1. The minimum absolute atomic E-state index is 0. The van der Waals surface area contributed by atoms with Crippen molar-refractivity contribution < 1.29 is 18.9 Å². The molecule has 0 radical (unpaired) electrons. The Bertz CT molecular complexity index is 292. The highest BCUT2D eigenvalue weighted by molar-refractivity contribution is 7.46. The van der Waals surface area contributed by atoms with E-state index in [2.05, 4.69) is 11.4 Å². The summed E-state index contributed by atoms with van der Waals surface area (Å²) in [6, 6.07) is 0. The molecule has 0 amide bonds. The Morgan fingerprint density at radius 2 is 0.846 bits per heavy atom. The summed E-state index contributed by atoms with van der Waals surface area (Å²) in [5.41, 5.74) is 0. The third-order valence-corrected chi connectivity index (χ3v) is 4.78. The zero-order valence-corrected chi connectivity index (χ0v) is 16.1. The molecule has 0 saturated carbocycles. The average molecular weight is 429 g/mol. The third kappa shape index (κ3) is 34.0. The molecule has 26 heavy (non-hydrogen) atoms. The van der Waals surface area contributed by atoms with Gasteiger partial charge in [0.15, 0.2) is 0 Å². The van der Waals surface area contributed by atoms with Crippen molar-refractivity contribution in [1.29, 1.82) is 0 Å². The second-order valence-electron chi connectivity index (χ2n) is 6.63. The van der Waals surface area contributed by atoms with Crippen LogP contribution in [0, 0.1) is 0 Å². The van der Waals surface area contributed by atoms with E-state index in [1.807, 2.05) is 0 Å². The molecule has 0 aromatic heterocycles. The Morgan fingerprint density at radius 3 is 1.12 bits per heavy atom. The van der Waals surface area contributed by atoms with Crippen molar-refractivity contribution in [3.63, 3.8) is 0 Å². The number of hydrogen-bond donors (Lipinski definition) is 2. The maximum absolute atomic E-state index is 10.5. The number of unbranched alkanes of at least 4 members (excludes halogenated alkanes) is 15. The summed E-state index contributed by atoms with van der Waals surface area (Å²) in [5, 5.41) is 0. The molecule has 0 saturated heterocycles. The standard InChI is InChI=1S/C18H39O4P.3Mg.6H/c1-2-3-4-5-6-7-8-9-10-11-12-13-14-15-16-17-18-22-23(19,20)21;;;;;;;;;/h2-18H2,1H3,(H2,19,20,21);;;;;;;;;. The Morgan fingerprint density at radius 1 is 0.577 bits per heavy atom. The van der Waals surface area contributed by atoms with E-state index in [1.165, 1.54) is 83.5 Å². The van der Waals surface area contributed by atoms with Gasteiger partial charge in [0.2, 0.25) is 0 Å². The lowest BCUT2D eigenvalue weighted by Crippen LogP contribution is -1.92. The molecule has 2 N–H and O–H groups in total. The molecule has 0 aromatic rings. The van der Waals surface area contributed by atoms with Crippen LogP contribution >= 0.6 is 7.82 Å². The van der Waals surface area contributed by atoms with Gasteiger partial charge in [0.25, 0.3) is 0 Å². The fourth-order valence-corrected chi connectivity index (χ4v) is 3.20. The number of phosphoric ester groups is 1. The fourth-order valence-electron chi connectivity index (χ4n) is 2.83. The highest BCUT2D eigenvalue weighted by Gasteiger charge is 2.12. The molecule has 4 nitrogen and oxygen atoms in total. The summed E-state index contributed by atoms with van der Waals surface area (Å²) in [7, 11) is -4.26. The highest BCUT2D eigenvalue weighted by atomic mass is 31.2. The monoisotopic (exact) mass is 428 g/mol. The van der Waals surface area contributed by atoms with Gasteiger partial charge in [-0.25, -0.2) is 4.57 Å². The molecular formula is C18H45Mg3O4P. The molecule has 0 aromatic carbocycles. The molecule has 0 unspecified atom stereocenters. The fraction of sp³-hybridized carbons (Fsp3) is 1.00. The summed E-state index contributed by atoms with van der Waals surface area (Å²) in [4.78, 5) is 17.1. The van der Waals surface area contributed by atoms with Crippen LogP contribution in [0.5, 0.6) is 0 Å². The summed E-state index contributed by atoms with van der Waals surface area (Å²) in [6.45, 7) is 2.43. The molecule has 0 aliphatic carbocycles. The van der Waals surface area contributed by atoms with Crippen molar-refractivity contribution in [1.82, 2.24) is 0 Å². The van der Waals surface area contributed by atoms with Crippen molar-refractivity contribution in [3.8, 4) is 0 Å². The van der Waals surface area contributed by atoms with Crippen molar-refractivity contribution in [2.24, 2.45) is 0 Å². The van der Waals surface area contributed by atoms with Crippen LogP contribution in [-0.2, 0) is 9.09 Å². The second-order valence-corrected chi connectivity index (χ2v) is 7.87. The Hall–Kier alpha value is 2.41. The van der Waals surface area contributed by atoms with Crippen LogP contribution in [-0.4, -0.2) is 85.6 Å². The van der Waals surface area contributed by atoms with Gasteiger partial charge in [0, 0.05) is 0 Å². The van der Waals surface area contributed by atoms with Crippen LogP contribution in [0.4, 0.5) is 0 Å². The molecule has 0 aliphatic heterocycles. The van der Waals surface area contributed by atoms with Gasteiger partial charge in [-0.1, -0.05) is 103 Å². The molecule has 0 fully saturated rings. The zero-order chi connectivity index (χ0) is 17.2. The molecule has 0 spiro atoms. The maximum atomic E-state index is 10.5. The summed E-state index contributed by atoms with van der Waals surface area (Å²) in [5.74, 6) is 0. The Kier molecular flexibility index (Phi) is 37.8. The smallest absolute Gasteiger partial charge is 0.303 e. The largest absolute Gasteiger partial charge is 0.469 e. The van der Waals surface area contributed by atoms with Crippen LogP contribution in [0.3, 0.4) is 0 Å². The van der Waals surface area contributed by atoms with Crippen molar-refractivity contribution >= 4 is 77.0 Å². The first-order valence-electron chi connectivity index (χ1n) is 9.76. The van der Waals surface area contributed by atoms with Crippen molar-refractivity contribution in [2.45, 2.75) is 110 Å². The first-order chi connectivity index (χ1) is 11.1. The number of hydrogen-bond acceptors (Lipinski definition) is 2. The van der Waals surface area contributed by atoms with Crippen molar-refractivity contribution in [2.75, 3.05) is 6.61 Å². The maximum Gasteiger partial charge on any atom is 0.469 e. The van der Waals surface area contributed by atoms with Gasteiger partial charge in [0.05, 0.1) is 6.61 Å². The SMILES string of the molecule is CCCCCCCCCCCCCCCCCCOP(=O)(O)O.[MgH2].[MgH2].[MgH2]. The lowest BCUT2D eigenvalue weighted by Gasteiger charge is -2.05. The van der Waals surface area contributed by atoms with E-state index >= 15 is 0 Å². The predicted octanol–water partition coefficient (Wildman–Crippen LogP) is 3.61. The number of rotatable bonds is 18. The highest BCUT2D eigenvalue weighted by Crippen LogP contribution is 2.35. The van der Waals surface area contributed by atoms with E-state index in [1.54, 1.807) is 0 Å². The van der Waals surface area contributed by atoms with Gasteiger partial charge in [-0.15, -0.1) is 0 Å². The minimum Gasteiger partial charge on any atom is -0.303 e. The van der Waals surface area contributed by atoms with Crippen LogP contribution in [0.15, 0.2) is 0 Å². The van der Waals surface area contributed by atoms with Crippen LogP contribution in [0.1, 0.15) is 110 Å². The lowest BCUT2D eigenvalue weighted by molar-refractivity contribution is 0.193. The van der Waals surface area contributed by atoms with Gasteiger partial charge < -0.3 is 9.79 Å². The molecule has 0 atom stereocenters. The average Bonchev–Trinajstić information content (AvgIpc) is 2.49. The third-order valence-electron chi connectivity index (χ3n) is 4.26.